The molecule has 250 valence electrons. The molecule has 2 saturated heterocycles. The molecule has 2 aromatic carbocycles. The lowest BCUT2D eigenvalue weighted by molar-refractivity contribution is -0.274. The lowest BCUT2D eigenvalue weighted by Gasteiger charge is -2.33. The lowest BCUT2D eigenvalue weighted by atomic mass is 9.94. The van der Waals surface area contributed by atoms with E-state index in [4.69, 9.17) is 16.3 Å². The van der Waals surface area contributed by atoms with Crippen LogP contribution < -0.4 is 14.8 Å². The maximum atomic E-state index is 15.4. The summed E-state index contributed by atoms with van der Waals surface area (Å²) in [5, 5.41) is 2.58. The average Bonchev–Trinajstić information content (AvgIpc) is 3.66. The molecule has 8 nitrogen and oxygen atoms in total. The number of alkyl halides is 6. The molecule has 3 fully saturated rings. The van der Waals surface area contributed by atoms with Gasteiger partial charge in [0, 0.05) is 30.7 Å². The quantitative estimate of drug-likeness (QED) is 0.144. The fraction of sp³-hybridized carbons (Fsp3) is 0.500. The molecule has 0 radical (unpaired) electrons. The minimum Gasteiger partial charge on any atom is -0.490 e. The number of piperidine rings is 1. The molecule has 16 heteroatoms. The van der Waals surface area contributed by atoms with Crippen molar-refractivity contribution in [2.24, 2.45) is 0 Å². The van der Waals surface area contributed by atoms with Gasteiger partial charge in [0.2, 0.25) is 0 Å². The first-order valence-electron chi connectivity index (χ1n) is 14.5. The van der Waals surface area contributed by atoms with Crippen LogP contribution in [0, 0.1) is 5.82 Å². The summed E-state index contributed by atoms with van der Waals surface area (Å²) < 4.78 is 104. The molecule has 1 aliphatic carbocycles. The van der Waals surface area contributed by atoms with E-state index in [2.05, 4.69) is 19.7 Å². The normalized spacial score (nSPS) is 21.2. The van der Waals surface area contributed by atoms with Crippen LogP contribution in [-0.4, -0.2) is 66.4 Å². The van der Waals surface area contributed by atoms with Crippen LogP contribution in [0.3, 0.4) is 0 Å². The fourth-order valence-corrected chi connectivity index (χ4v) is 5.91. The summed E-state index contributed by atoms with van der Waals surface area (Å²) in [6, 6.07) is 3.96. The zero-order valence-corrected chi connectivity index (χ0v) is 24.7. The zero-order valence-electron chi connectivity index (χ0n) is 24.0. The van der Waals surface area contributed by atoms with Crippen molar-refractivity contribution in [3.63, 3.8) is 0 Å². The lowest BCUT2D eigenvalue weighted by Crippen LogP contribution is -2.42. The molecule has 46 heavy (non-hydrogen) atoms. The van der Waals surface area contributed by atoms with E-state index in [1.165, 1.54) is 18.2 Å². The first-order chi connectivity index (χ1) is 21.6. The Bertz CT molecular complexity index is 1490. The highest BCUT2D eigenvalue weighted by Crippen LogP contribution is 2.43. The van der Waals surface area contributed by atoms with Crippen LogP contribution >= 0.6 is 11.6 Å². The van der Waals surface area contributed by atoms with Gasteiger partial charge in [0.05, 0.1) is 11.6 Å². The summed E-state index contributed by atoms with van der Waals surface area (Å²) in [6.07, 6.45) is -7.81. The number of hydrogen-bond acceptors (Lipinski definition) is 8. The van der Waals surface area contributed by atoms with Gasteiger partial charge in [-0.1, -0.05) is 11.6 Å². The number of nitrogens with zero attached hydrogens (tertiary/aromatic N) is 1. The standard InChI is InChI=1S/C30H28ClF7N2O6/c31-17-10-19(12-20(11-17)46-30(36,37)38)44-18-5-7-40(8-6-18)14-16-9-23(32)22(13-21(16)15-1-2-15)26(41)24-3-4-25(39-24)27(42)45-28(43)29(33,34)35/h9-13,15,18,24-25,39H,1-8,14H2. The minimum atomic E-state index is -5.35. The first kappa shape index (κ1) is 33.9. The number of carbonyl (C=O) groups is 3. The molecule has 2 aliphatic heterocycles. The van der Waals surface area contributed by atoms with Crippen molar-refractivity contribution in [3.8, 4) is 11.5 Å². The smallest absolute Gasteiger partial charge is 0.490 e. The predicted octanol–water partition coefficient (Wildman–Crippen LogP) is 6.23. The van der Waals surface area contributed by atoms with Crippen LogP contribution in [0.15, 0.2) is 30.3 Å². The molecule has 5 rings (SSSR count). The molecule has 0 spiro atoms. The van der Waals surface area contributed by atoms with Crippen molar-refractivity contribution in [1.82, 2.24) is 10.2 Å². The van der Waals surface area contributed by atoms with Crippen molar-refractivity contribution in [2.75, 3.05) is 13.1 Å². The van der Waals surface area contributed by atoms with Crippen LogP contribution in [0.4, 0.5) is 30.7 Å². The number of Topliss-reactive ketones (excluding diaryl/α,β-unsaturated/α-hetero) is 1. The number of ether oxygens (including phenoxy) is 3. The van der Waals surface area contributed by atoms with Gasteiger partial charge in [-0.25, -0.2) is 14.0 Å². The highest BCUT2D eigenvalue weighted by molar-refractivity contribution is 6.30. The van der Waals surface area contributed by atoms with Crippen molar-refractivity contribution in [2.45, 2.75) is 81.7 Å². The van der Waals surface area contributed by atoms with Gasteiger partial charge >= 0.3 is 24.5 Å². The molecular weight excluding hydrogens is 653 g/mol. The first-order valence-corrected chi connectivity index (χ1v) is 14.8. The van der Waals surface area contributed by atoms with E-state index in [1.54, 1.807) is 0 Å². The Labute approximate surface area is 263 Å². The number of benzene rings is 2. The topological polar surface area (TPSA) is 94.2 Å². The van der Waals surface area contributed by atoms with Gasteiger partial charge in [-0.3, -0.25) is 15.0 Å². The van der Waals surface area contributed by atoms with Crippen LogP contribution in [0.25, 0.3) is 0 Å². The molecule has 3 aliphatic rings. The highest BCUT2D eigenvalue weighted by atomic mass is 35.5. The van der Waals surface area contributed by atoms with E-state index in [0.717, 1.165) is 30.5 Å². The maximum absolute atomic E-state index is 15.4. The Hall–Kier alpha value is -3.43. The van der Waals surface area contributed by atoms with Crippen LogP contribution in [0.1, 0.15) is 65.9 Å². The molecule has 1 N–H and O–H groups in total. The average molecular weight is 681 g/mol. The second kappa shape index (κ2) is 13.4. The van der Waals surface area contributed by atoms with Gasteiger partial charge in [0.1, 0.15) is 29.5 Å². The van der Waals surface area contributed by atoms with Gasteiger partial charge in [-0.05, 0) is 79.8 Å². The number of ketones is 1. The Morgan fingerprint density at radius 2 is 1.52 bits per heavy atom. The number of carbonyl (C=O) groups excluding carboxylic acids is 3. The minimum absolute atomic E-state index is 0.0224. The summed E-state index contributed by atoms with van der Waals surface area (Å²) in [5.41, 5.74) is 1.31. The Morgan fingerprint density at radius 1 is 0.870 bits per heavy atom. The third-order valence-corrected chi connectivity index (χ3v) is 8.21. The summed E-state index contributed by atoms with van der Waals surface area (Å²) in [4.78, 5) is 38.3. The van der Waals surface area contributed by atoms with Crippen LogP contribution in [-0.2, 0) is 20.9 Å². The van der Waals surface area contributed by atoms with E-state index in [1.807, 2.05) is 0 Å². The zero-order chi connectivity index (χ0) is 33.4. The van der Waals surface area contributed by atoms with E-state index in [0.29, 0.717) is 38.0 Å². The van der Waals surface area contributed by atoms with Gasteiger partial charge < -0.3 is 14.2 Å². The molecular formula is C30H28ClF7N2O6. The third-order valence-electron chi connectivity index (χ3n) is 7.99. The van der Waals surface area contributed by atoms with Crippen LogP contribution in [0.5, 0.6) is 11.5 Å². The largest absolute Gasteiger partial charge is 0.573 e. The van der Waals surface area contributed by atoms with E-state index >= 15 is 4.39 Å². The number of hydrogen-bond donors (Lipinski definition) is 1. The second-order valence-electron chi connectivity index (χ2n) is 11.5. The molecule has 2 atom stereocenters. The van der Waals surface area contributed by atoms with Crippen molar-refractivity contribution < 1.29 is 59.3 Å². The number of esters is 2. The summed E-state index contributed by atoms with van der Waals surface area (Å²) in [5.74, 6) is -5.78. The van der Waals surface area contributed by atoms with E-state index < -0.39 is 53.9 Å². The van der Waals surface area contributed by atoms with Gasteiger partial charge in [-0.2, -0.15) is 13.2 Å². The van der Waals surface area contributed by atoms with E-state index in [-0.39, 0.29) is 41.2 Å². The molecule has 2 unspecified atom stereocenters. The number of nitrogens with one attached hydrogen (secondary N) is 1. The fourth-order valence-electron chi connectivity index (χ4n) is 5.69. The van der Waals surface area contributed by atoms with Gasteiger partial charge in [0.15, 0.2) is 5.78 Å². The van der Waals surface area contributed by atoms with Gasteiger partial charge in [-0.15, -0.1) is 13.2 Å². The Balaban J connectivity index is 1.19. The molecule has 2 aromatic rings. The number of rotatable bonds is 9. The number of halogens is 8. The maximum Gasteiger partial charge on any atom is 0.573 e. The Kier molecular flexibility index (Phi) is 9.85. The summed E-state index contributed by atoms with van der Waals surface area (Å²) in [7, 11) is 0. The van der Waals surface area contributed by atoms with Crippen molar-refractivity contribution >= 4 is 29.3 Å². The molecule has 0 amide bonds. The molecule has 0 aromatic heterocycles. The molecule has 1 saturated carbocycles. The summed E-state index contributed by atoms with van der Waals surface area (Å²) >= 11 is 5.93. The van der Waals surface area contributed by atoms with Crippen molar-refractivity contribution in [1.29, 1.82) is 0 Å². The summed E-state index contributed by atoms with van der Waals surface area (Å²) in [6.45, 7) is 1.47. The van der Waals surface area contributed by atoms with Crippen LogP contribution in [0.2, 0.25) is 5.02 Å². The SMILES string of the molecule is O=C(OC(=O)C(F)(F)F)C1CCC(C(=O)c2cc(C3CC3)c(CN3CCC(Oc4cc(Cl)cc(OC(F)(F)F)c4)CC3)cc2F)N1. The molecule has 0 bridgehead atoms. The van der Waals surface area contributed by atoms with E-state index in [9.17, 15) is 40.7 Å². The monoisotopic (exact) mass is 680 g/mol. The second-order valence-corrected chi connectivity index (χ2v) is 11.9. The van der Waals surface area contributed by atoms with Crippen molar-refractivity contribution in [3.05, 3.63) is 57.9 Å². The highest BCUT2D eigenvalue weighted by Gasteiger charge is 2.45. The third kappa shape index (κ3) is 8.68. The predicted molar refractivity (Wildman–Crippen MR) is 147 cm³/mol. The molecule has 2 heterocycles. The van der Waals surface area contributed by atoms with Gasteiger partial charge in [0.25, 0.3) is 0 Å². The number of likely N-dealkylation sites (tertiary alicyclic amines) is 1. The Morgan fingerprint density at radius 3 is 2.15 bits per heavy atom.